The molecule has 0 bridgehead atoms. The van der Waals surface area contributed by atoms with Gasteiger partial charge in [0.25, 0.3) is 0 Å². The number of rotatable bonds is 7. The van der Waals surface area contributed by atoms with E-state index in [0.717, 1.165) is 37.4 Å². The summed E-state index contributed by atoms with van der Waals surface area (Å²) in [5, 5.41) is 5.53. The van der Waals surface area contributed by atoms with Gasteiger partial charge in [-0.3, -0.25) is 0 Å². The van der Waals surface area contributed by atoms with Gasteiger partial charge in [-0.2, -0.15) is 0 Å². The first-order chi connectivity index (χ1) is 12.6. The fraction of sp³-hybridized carbons (Fsp3) is 0.444. The molecule has 1 aromatic carbocycles. The lowest BCUT2D eigenvalue weighted by Gasteiger charge is -2.30. The van der Waals surface area contributed by atoms with Gasteiger partial charge >= 0.3 is 5.97 Å². The summed E-state index contributed by atoms with van der Waals surface area (Å²) in [7, 11) is 0. The van der Waals surface area contributed by atoms with Crippen LogP contribution in [0.15, 0.2) is 29.8 Å². The van der Waals surface area contributed by atoms with Gasteiger partial charge in [0.15, 0.2) is 0 Å². The van der Waals surface area contributed by atoms with Crippen molar-refractivity contribution in [2.24, 2.45) is 5.92 Å². The molecule has 1 aromatic heterocycles. The van der Waals surface area contributed by atoms with Crippen LogP contribution in [0, 0.1) is 5.92 Å². The van der Waals surface area contributed by atoms with E-state index >= 15 is 0 Å². The minimum absolute atomic E-state index is 0.230. The molecule has 3 rings (SSSR count). The van der Waals surface area contributed by atoms with Crippen LogP contribution in [0.3, 0.4) is 0 Å². The van der Waals surface area contributed by atoms with Crippen molar-refractivity contribution in [2.45, 2.75) is 25.7 Å². The second-order valence-electron chi connectivity index (χ2n) is 6.18. The van der Waals surface area contributed by atoms with Gasteiger partial charge in [-0.05, 0) is 43.4 Å². The molecule has 0 radical (unpaired) electrons. The van der Waals surface area contributed by atoms with E-state index in [1.807, 2.05) is 5.38 Å². The largest absolute Gasteiger partial charge is 0.493 e. The fourth-order valence-corrected chi connectivity index (χ4v) is 3.99. The van der Waals surface area contributed by atoms with Gasteiger partial charge in [0.2, 0.25) is 0 Å². The summed E-state index contributed by atoms with van der Waals surface area (Å²) in [6.07, 6.45) is 4.82. The van der Waals surface area contributed by atoms with Gasteiger partial charge < -0.3 is 9.57 Å². The highest BCUT2D eigenvalue weighted by Crippen LogP contribution is 2.26. The maximum Gasteiger partial charge on any atom is 0.331 e. The third-order valence-corrected chi connectivity index (χ3v) is 5.43. The Morgan fingerprint density at radius 1 is 1.23 bits per heavy atom. The zero-order chi connectivity index (χ0) is 18.4. The number of thiazole rings is 1. The van der Waals surface area contributed by atoms with E-state index in [-0.39, 0.29) is 12.4 Å². The molecule has 26 heavy (non-hydrogen) atoms. The minimum atomic E-state index is -0.250. The van der Waals surface area contributed by atoms with Crippen LogP contribution in [-0.2, 0) is 16.1 Å². The zero-order valence-electron chi connectivity index (χ0n) is 14.2. The molecule has 8 heteroatoms. The van der Waals surface area contributed by atoms with Gasteiger partial charge in [0.05, 0.1) is 13.0 Å². The molecule has 0 unspecified atom stereocenters. The number of nitrogens with zero attached hydrogens (tertiary/aromatic N) is 2. The van der Waals surface area contributed by atoms with Crippen LogP contribution in [0.5, 0.6) is 5.75 Å². The number of ether oxygens (including phenoxy) is 1. The average Bonchev–Trinajstić information content (AvgIpc) is 3.08. The molecule has 0 spiro atoms. The Morgan fingerprint density at radius 2 is 1.96 bits per heavy atom. The standard InChI is InChI=1S/C18H20Cl2N2O3S/c19-14-9-15(20)11-16(10-14)24-7-3-13-1-5-22(6-2-13)25-18(23)12-17-21-4-8-26-17/h4,8-11,13H,1-3,5-7,12H2. The molecular formula is C18H20Cl2N2O3S. The first-order valence-corrected chi connectivity index (χ1v) is 10.1. The Morgan fingerprint density at radius 3 is 2.62 bits per heavy atom. The van der Waals surface area contributed by atoms with Gasteiger partial charge in [0.1, 0.15) is 10.8 Å². The molecular weight excluding hydrogens is 395 g/mol. The van der Waals surface area contributed by atoms with Crippen LogP contribution in [0.2, 0.25) is 10.0 Å². The molecule has 1 aliphatic rings. The number of benzene rings is 1. The molecule has 0 amide bonds. The predicted octanol–water partition coefficient (Wildman–Crippen LogP) is 4.63. The molecule has 2 heterocycles. The molecule has 1 fully saturated rings. The number of carbonyl (C=O) groups excluding carboxylic acids is 1. The molecule has 2 aromatic rings. The van der Waals surface area contributed by atoms with Crippen molar-refractivity contribution in [2.75, 3.05) is 19.7 Å². The van der Waals surface area contributed by atoms with E-state index in [1.165, 1.54) is 11.3 Å². The summed E-state index contributed by atoms with van der Waals surface area (Å²) < 4.78 is 5.75. The first-order valence-electron chi connectivity index (χ1n) is 8.51. The highest BCUT2D eigenvalue weighted by Gasteiger charge is 2.22. The molecule has 140 valence electrons. The topological polar surface area (TPSA) is 51.7 Å². The number of piperidine rings is 1. The van der Waals surface area contributed by atoms with Gasteiger partial charge in [-0.15, -0.1) is 16.4 Å². The van der Waals surface area contributed by atoms with Gasteiger partial charge in [-0.1, -0.05) is 23.2 Å². The van der Waals surface area contributed by atoms with Crippen molar-refractivity contribution < 1.29 is 14.4 Å². The number of hydrogen-bond acceptors (Lipinski definition) is 6. The quantitative estimate of drug-likeness (QED) is 0.660. The second kappa shape index (κ2) is 9.55. The molecule has 0 N–H and O–H groups in total. The predicted molar refractivity (Wildman–Crippen MR) is 103 cm³/mol. The Balaban J connectivity index is 1.34. The lowest BCUT2D eigenvalue weighted by Crippen LogP contribution is -2.36. The third kappa shape index (κ3) is 6.13. The summed E-state index contributed by atoms with van der Waals surface area (Å²) in [6.45, 7) is 2.11. The maximum atomic E-state index is 11.9. The monoisotopic (exact) mass is 414 g/mol. The second-order valence-corrected chi connectivity index (χ2v) is 8.03. The van der Waals surface area contributed by atoms with Crippen molar-refractivity contribution in [3.05, 3.63) is 44.8 Å². The summed E-state index contributed by atoms with van der Waals surface area (Å²) in [5.74, 6) is 0.995. The van der Waals surface area contributed by atoms with E-state index in [0.29, 0.717) is 28.3 Å². The summed E-state index contributed by atoms with van der Waals surface area (Å²) in [4.78, 5) is 21.4. The van der Waals surface area contributed by atoms with E-state index in [2.05, 4.69) is 4.98 Å². The number of hydrogen-bond donors (Lipinski definition) is 0. The van der Waals surface area contributed by atoms with Crippen LogP contribution in [0.4, 0.5) is 0 Å². The molecule has 0 saturated carbocycles. The maximum absolute atomic E-state index is 11.9. The van der Waals surface area contributed by atoms with E-state index in [9.17, 15) is 4.79 Å². The van der Waals surface area contributed by atoms with Crippen LogP contribution < -0.4 is 4.74 Å². The number of halogens is 2. The van der Waals surface area contributed by atoms with E-state index in [4.69, 9.17) is 32.8 Å². The van der Waals surface area contributed by atoms with Gasteiger partial charge in [-0.25, -0.2) is 9.78 Å². The lowest BCUT2D eigenvalue weighted by molar-refractivity contribution is -0.196. The number of hydroxylamine groups is 2. The Kier molecular flexibility index (Phi) is 7.14. The van der Waals surface area contributed by atoms with Gasteiger partial charge in [0, 0.05) is 34.7 Å². The first kappa shape index (κ1) is 19.4. The molecule has 5 nitrogen and oxygen atoms in total. The zero-order valence-corrected chi connectivity index (χ0v) is 16.5. The van der Waals surface area contributed by atoms with Crippen molar-refractivity contribution in [3.63, 3.8) is 0 Å². The van der Waals surface area contributed by atoms with Crippen LogP contribution in [0.25, 0.3) is 0 Å². The lowest BCUT2D eigenvalue weighted by atomic mass is 9.95. The summed E-state index contributed by atoms with van der Waals surface area (Å²) >= 11 is 13.4. The third-order valence-electron chi connectivity index (χ3n) is 4.21. The molecule has 1 saturated heterocycles. The Hall–Kier alpha value is -1.34. The summed E-state index contributed by atoms with van der Waals surface area (Å²) in [6, 6.07) is 5.21. The van der Waals surface area contributed by atoms with Crippen molar-refractivity contribution in [1.82, 2.24) is 10.0 Å². The number of carbonyl (C=O) groups is 1. The van der Waals surface area contributed by atoms with Crippen molar-refractivity contribution in [3.8, 4) is 5.75 Å². The fourth-order valence-electron chi connectivity index (χ4n) is 2.88. The van der Waals surface area contributed by atoms with E-state index < -0.39 is 0 Å². The van der Waals surface area contributed by atoms with E-state index in [1.54, 1.807) is 29.5 Å². The Bertz CT molecular complexity index is 699. The normalized spacial score (nSPS) is 15.8. The highest BCUT2D eigenvalue weighted by atomic mass is 35.5. The summed E-state index contributed by atoms with van der Waals surface area (Å²) in [5.41, 5.74) is 0. The van der Waals surface area contributed by atoms with Crippen LogP contribution >= 0.6 is 34.5 Å². The minimum Gasteiger partial charge on any atom is -0.493 e. The average molecular weight is 415 g/mol. The highest BCUT2D eigenvalue weighted by molar-refractivity contribution is 7.09. The van der Waals surface area contributed by atoms with Crippen molar-refractivity contribution >= 4 is 40.5 Å². The van der Waals surface area contributed by atoms with Crippen LogP contribution in [0.1, 0.15) is 24.3 Å². The van der Waals surface area contributed by atoms with Crippen molar-refractivity contribution in [1.29, 1.82) is 0 Å². The molecule has 0 aliphatic carbocycles. The SMILES string of the molecule is O=C(Cc1nccs1)ON1CCC(CCOc2cc(Cl)cc(Cl)c2)CC1. The smallest absolute Gasteiger partial charge is 0.331 e. The van der Waals surface area contributed by atoms with Crippen LogP contribution in [-0.4, -0.2) is 35.7 Å². The number of aromatic nitrogens is 1. The molecule has 1 aliphatic heterocycles. The molecule has 0 atom stereocenters. The Labute approximate surface area is 166 Å².